The zero-order valence-corrected chi connectivity index (χ0v) is 18.9. The van der Waals surface area contributed by atoms with E-state index in [-0.39, 0.29) is 6.17 Å². The van der Waals surface area contributed by atoms with E-state index in [9.17, 15) is 0 Å². The van der Waals surface area contributed by atoms with Crippen molar-refractivity contribution in [1.82, 2.24) is 15.0 Å². The number of nitrogens with two attached hydrogens (primary N) is 1. The summed E-state index contributed by atoms with van der Waals surface area (Å²) in [6, 6.07) is 4.53. The topological polar surface area (TPSA) is 56.7 Å². The van der Waals surface area contributed by atoms with Crippen molar-refractivity contribution in [1.29, 1.82) is 0 Å². The summed E-state index contributed by atoms with van der Waals surface area (Å²) in [7, 11) is 0. The maximum atomic E-state index is 6.12. The molecule has 158 valence electrons. The molecule has 0 amide bonds. The standard InChI is InChI=1S/C24H42N4/c1-6-10-12-19(8-3)16-21-14-15-23-24(26-27-28(23)18(5)25)22(21)17-20(9-4)13-11-7-2/h14-15,18-20H,6-13,16-17,25H2,1-5H3. The van der Waals surface area contributed by atoms with Crippen LogP contribution in [0, 0.1) is 11.8 Å². The van der Waals surface area contributed by atoms with Crippen LogP contribution in [0.15, 0.2) is 12.1 Å². The summed E-state index contributed by atoms with van der Waals surface area (Å²) in [5, 5.41) is 8.98. The van der Waals surface area contributed by atoms with E-state index in [1.165, 1.54) is 62.5 Å². The maximum absolute atomic E-state index is 6.12. The largest absolute Gasteiger partial charge is 0.310 e. The molecule has 0 bridgehead atoms. The molecule has 0 aliphatic heterocycles. The first-order valence-corrected chi connectivity index (χ1v) is 11.7. The number of benzene rings is 1. The van der Waals surface area contributed by atoms with E-state index in [1.807, 2.05) is 11.6 Å². The molecule has 0 saturated carbocycles. The average Bonchev–Trinajstić information content (AvgIpc) is 3.13. The average molecular weight is 387 g/mol. The highest BCUT2D eigenvalue weighted by molar-refractivity contribution is 5.79. The van der Waals surface area contributed by atoms with Gasteiger partial charge in [-0.15, -0.1) is 5.10 Å². The van der Waals surface area contributed by atoms with E-state index in [0.29, 0.717) is 0 Å². The SMILES string of the molecule is CCCCC(CC)Cc1ccc2c(nnn2C(C)N)c1CC(CC)CCCC. The Morgan fingerprint density at radius 2 is 1.54 bits per heavy atom. The van der Waals surface area contributed by atoms with Crippen LogP contribution in [-0.2, 0) is 12.8 Å². The van der Waals surface area contributed by atoms with Gasteiger partial charge in [0.2, 0.25) is 0 Å². The van der Waals surface area contributed by atoms with Crippen LogP contribution in [0.2, 0.25) is 0 Å². The van der Waals surface area contributed by atoms with Crippen molar-refractivity contribution in [3.05, 3.63) is 23.3 Å². The smallest absolute Gasteiger partial charge is 0.116 e. The Morgan fingerprint density at radius 1 is 0.929 bits per heavy atom. The summed E-state index contributed by atoms with van der Waals surface area (Å²) in [6.07, 6.45) is 12.4. The minimum absolute atomic E-state index is 0.154. The second-order valence-corrected chi connectivity index (χ2v) is 8.59. The number of rotatable bonds is 13. The Hall–Kier alpha value is -1.42. The van der Waals surface area contributed by atoms with Crippen LogP contribution >= 0.6 is 0 Å². The molecule has 4 nitrogen and oxygen atoms in total. The van der Waals surface area contributed by atoms with Crippen molar-refractivity contribution in [2.24, 2.45) is 17.6 Å². The van der Waals surface area contributed by atoms with E-state index in [0.717, 1.165) is 35.7 Å². The summed E-state index contributed by atoms with van der Waals surface area (Å²) in [5.74, 6) is 1.48. The van der Waals surface area contributed by atoms with Crippen LogP contribution < -0.4 is 5.73 Å². The van der Waals surface area contributed by atoms with Gasteiger partial charge in [0.15, 0.2) is 0 Å². The minimum Gasteiger partial charge on any atom is -0.310 e. The molecule has 1 aromatic carbocycles. The highest BCUT2D eigenvalue weighted by Crippen LogP contribution is 2.30. The van der Waals surface area contributed by atoms with Crippen LogP contribution in [0.5, 0.6) is 0 Å². The third-order valence-corrected chi connectivity index (χ3v) is 6.32. The number of aromatic nitrogens is 3. The maximum Gasteiger partial charge on any atom is 0.116 e. The third-order valence-electron chi connectivity index (χ3n) is 6.32. The van der Waals surface area contributed by atoms with Crippen molar-refractivity contribution in [2.75, 3.05) is 0 Å². The van der Waals surface area contributed by atoms with Crippen molar-refractivity contribution in [2.45, 2.75) is 105 Å². The molecule has 0 fully saturated rings. The normalized spacial score (nSPS) is 15.1. The molecule has 4 heteroatoms. The first-order chi connectivity index (χ1) is 13.5. The fourth-order valence-corrected chi connectivity index (χ4v) is 4.31. The van der Waals surface area contributed by atoms with E-state index >= 15 is 0 Å². The van der Waals surface area contributed by atoms with Crippen LogP contribution in [0.25, 0.3) is 11.0 Å². The molecule has 0 aliphatic rings. The third kappa shape index (κ3) is 5.79. The lowest BCUT2D eigenvalue weighted by molar-refractivity contribution is 0.435. The van der Waals surface area contributed by atoms with Gasteiger partial charge in [0.1, 0.15) is 5.52 Å². The van der Waals surface area contributed by atoms with Crippen LogP contribution in [0.4, 0.5) is 0 Å². The van der Waals surface area contributed by atoms with Gasteiger partial charge < -0.3 is 5.73 Å². The molecule has 0 saturated heterocycles. The lowest BCUT2D eigenvalue weighted by Gasteiger charge is -2.21. The first kappa shape index (κ1) is 22.9. The fraction of sp³-hybridized carbons (Fsp3) is 0.750. The molecular weight excluding hydrogens is 344 g/mol. The van der Waals surface area contributed by atoms with Crippen LogP contribution in [0.3, 0.4) is 0 Å². The number of nitrogens with zero attached hydrogens (tertiary/aromatic N) is 3. The predicted octanol–water partition coefficient (Wildman–Crippen LogP) is 6.43. The molecule has 3 atom stereocenters. The molecule has 3 unspecified atom stereocenters. The zero-order valence-electron chi connectivity index (χ0n) is 18.9. The van der Waals surface area contributed by atoms with Gasteiger partial charge in [-0.1, -0.05) is 90.3 Å². The Kier molecular flexibility index (Phi) is 9.43. The highest BCUT2D eigenvalue weighted by Gasteiger charge is 2.20. The lowest BCUT2D eigenvalue weighted by atomic mass is 9.85. The Labute approximate surface area is 172 Å². The summed E-state index contributed by atoms with van der Waals surface area (Å²) >= 11 is 0. The molecule has 0 radical (unpaired) electrons. The van der Waals surface area contributed by atoms with Crippen LogP contribution in [-0.4, -0.2) is 15.0 Å². The van der Waals surface area contributed by atoms with Gasteiger partial charge >= 0.3 is 0 Å². The van der Waals surface area contributed by atoms with Gasteiger partial charge in [0, 0.05) is 0 Å². The van der Waals surface area contributed by atoms with E-state index in [4.69, 9.17) is 5.73 Å². The van der Waals surface area contributed by atoms with Gasteiger partial charge in [0.05, 0.1) is 11.7 Å². The number of unbranched alkanes of at least 4 members (excludes halogenated alkanes) is 2. The lowest BCUT2D eigenvalue weighted by Crippen LogP contribution is -2.16. The molecule has 2 N–H and O–H groups in total. The Bertz CT molecular complexity index is 704. The summed E-state index contributed by atoms with van der Waals surface area (Å²) in [4.78, 5) is 0. The molecular formula is C24H42N4. The Balaban J connectivity index is 2.40. The summed E-state index contributed by atoms with van der Waals surface area (Å²) < 4.78 is 1.87. The second-order valence-electron chi connectivity index (χ2n) is 8.59. The van der Waals surface area contributed by atoms with Gasteiger partial charge in [-0.2, -0.15) is 0 Å². The summed E-state index contributed by atoms with van der Waals surface area (Å²) in [5.41, 5.74) is 11.2. The fourth-order valence-electron chi connectivity index (χ4n) is 4.31. The molecule has 0 aliphatic carbocycles. The number of fused-ring (bicyclic) bond motifs is 1. The molecule has 1 heterocycles. The molecule has 1 aromatic heterocycles. The zero-order chi connectivity index (χ0) is 20.5. The Morgan fingerprint density at radius 3 is 2.07 bits per heavy atom. The van der Waals surface area contributed by atoms with Crippen molar-refractivity contribution < 1.29 is 0 Å². The van der Waals surface area contributed by atoms with Crippen LogP contribution in [0.1, 0.15) is 103 Å². The van der Waals surface area contributed by atoms with Gasteiger partial charge in [0.25, 0.3) is 0 Å². The first-order valence-electron chi connectivity index (χ1n) is 11.7. The minimum atomic E-state index is -0.154. The van der Waals surface area contributed by atoms with Crippen molar-refractivity contribution in [3.8, 4) is 0 Å². The molecule has 28 heavy (non-hydrogen) atoms. The van der Waals surface area contributed by atoms with Gasteiger partial charge in [-0.05, 0) is 48.8 Å². The highest BCUT2D eigenvalue weighted by atomic mass is 15.5. The van der Waals surface area contributed by atoms with Crippen molar-refractivity contribution >= 4 is 11.0 Å². The van der Waals surface area contributed by atoms with Crippen molar-refractivity contribution in [3.63, 3.8) is 0 Å². The van der Waals surface area contributed by atoms with Gasteiger partial charge in [-0.3, -0.25) is 0 Å². The number of hydrogen-bond acceptors (Lipinski definition) is 3. The predicted molar refractivity (Wildman–Crippen MR) is 120 cm³/mol. The monoisotopic (exact) mass is 386 g/mol. The second kappa shape index (κ2) is 11.5. The van der Waals surface area contributed by atoms with E-state index in [1.54, 1.807) is 0 Å². The van der Waals surface area contributed by atoms with E-state index < -0.39 is 0 Å². The van der Waals surface area contributed by atoms with E-state index in [2.05, 4.69) is 50.1 Å². The van der Waals surface area contributed by atoms with Gasteiger partial charge in [-0.25, -0.2) is 4.68 Å². The molecule has 0 spiro atoms. The molecule has 2 aromatic rings. The number of hydrogen-bond donors (Lipinski definition) is 1. The quantitative estimate of drug-likeness (QED) is 0.432. The molecule has 2 rings (SSSR count). The summed E-state index contributed by atoms with van der Waals surface area (Å²) in [6.45, 7) is 11.2.